The summed E-state index contributed by atoms with van der Waals surface area (Å²) in [5.41, 5.74) is 1.42. The molecule has 0 N–H and O–H groups in total. The molecule has 0 unspecified atom stereocenters. The number of ketones is 1. The molecule has 0 saturated heterocycles. The number of aromatic nitrogens is 1. The van der Waals surface area contributed by atoms with Gasteiger partial charge in [0.1, 0.15) is 5.75 Å². The van der Waals surface area contributed by atoms with Gasteiger partial charge >= 0.3 is 0 Å². The van der Waals surface area contributed by atoms with E-state index in [0.717, 1.165) is 11.3 Å². The van der Waals surface area contributed by atoms with Gasteiger partial charge in [0.25, 0.3) is 5.56 Å². The highest BCUT2D eigenvalue weighted by Crippen LogP contribution is 2.13. The van der Waals surface area contributed by atoms with E-state index < -0.39 is 0 Å². The Labute approximate surface area is 124 Å². The van der Waals surface area contributed by atoms with Crippen LogP contribution in [0.5, 0.6) is 5.75 Å². The molecule has 110 valence electrons. The molecule has 0 amide bonds. The molecule has 0 aliphatic rings. The number of rotatable bonds is 5. The number of ether oxygens (including phenoxy) is 1. The number of carbonyl (C=O) groups is 1. The molecule has 0 saturated carbocycles. The Kier molecular flexibility index (Phi) is 4.58. The van der Waals surface area contributed by atoms with Gasteiger partial charge in [-0.25, -0.2) is 0 Å². The molecule has 0 atom stereocenters. The molecule has 1 aromatic heterocycles. The van der Waals surface area contributed by atoms with Crippen molar-refractivity contribution in [2.45, 2.75) is 26.3 Å². The maximum absolute atomic E-state index is 12.3. The fraction of sp³-hybridized carbons (Fsp3) is 0.294. The summed E-state index contributed by atoms with van der Waals surface area (Å²) in [5.74, 6) is 0.742. The highest BCUT2D eigenvalue weighted by atomic mass is 16.5. The highest BCUT2D eigenvalue weighted by Gasteiger charge is 2.09. The number of nitrogens with zero attached hydrogens (tertiary/aromatic N) is 1. The van der Waals surface area contributed by atoms with Gasteiger partial charge in [0.2, 0.25) is 0 Å². The molecule has 2 rings (SSSR count). The minimum Gasteiger partial charge on any atom is -0.497 e. The summed E-state index contributed by atoms with van der Waals surface area (Å²) in [6, 6.07) is 10.3. The van der Waals surface area contributed by atoms with Gasteiger partial charge in [-0.3, -0.25) is 9.59 Å². The van der Waals surface area contributed by atoms with Crippen molar-refractivity contribution in [3.8, 4) is 5.75 Å². The largest absolute Gasteiger partial charge is 0.497 e. The third-order valence-corrected chi connectivity index (χ3v) is 3.33. The lowest BCUT2D eigenvalue weighted by Gasteiger charge is -2.11. The number of hydrogen-bond acceptors (Lipinski definition) is 3. The van der Waals surface area contributed by atoms with Gasteiger partial charge in [-0.15, -0.1) is 0 Å². The zero-order valence-electron chi connectivity index (χ0n) is 12.5. The number of carbonyl (C=O) groups excluding carboxylic acids is 1. The molecule has 4 heteroatoms. The van der Waals surface area contributed by atoms with Crippen molar-refractivity contribution in [3.05, 3.63) is 64.1 Å². The van der Waals surface area contributed by atoms with Crippen molar-refractivity contribution in [2.24, 2.45) is 0 Å². The molecule has 0 radical (unpaired) electrons. The first kappa shape index (κ1) is 15.0. The molecule has 1 heterocycles. The zero-order valence-corrected chi connectivity index (χ0v) is 12.5. The van der Waals surface area contributed by atoms with Crippen LogP contribution in [-0.2, 0) is 6.42 Å². The Balaban J connectivity index is 2.19. The van der Waals surface area contributed by atoms with Crippen molar-refractivity contribution >= 4 is 5.78 Å². The van der Waals surface area contributed by atoms with Gasteiger partial charge < -0.3 is 9.30 Å². The van der Waals surface area contributed by atoms with E-state index in [1.165, 1.54) is 6.07 Å². The van der Waals surface area contributed by atoms with E-state index in [1.54, 1.807) is 48.2 Å². The van der Waals surface area contributed by atoms with Crippen LogP contribution in [0.15, 0.2) is 47.4 Å². The number of pyridine rings is 1. The molecule has 4 nitrogen and oxygen atoms in total. The number of benzene rings is 1. The summed E-state index contributed by atoms with van der Waals surface area (Å²) in [5, 5.41) is 0. The zero-order chi connectivity index (χ0) is 15.4. The molecule has 1 aromatic carbocycles. The van der Waals surface area contributed by atoms with Crippen LogP contribution in [0, 0.1) is 0 Å². The van der Waals surface area contributed by atoms with Gasteiger partial charge in [0.05, 0.1) is 7.11 Å². The molecule has 2 aromatic rings. The molecule has 0 aliphatic heterocycles. The fourth-order valence-corrected chi connectivity index (χ4v) is 2.12. The normalized spacial score (nSPS) is 10.7. The van der Waals surface area contributed by atoms with Crippen LogP contribution < -0.4 is 10.3 Å². The van der Waals surface area contributed by atoms with Crippen LogP contribution in [0.4, 0.5) is 0 Å². The van der Waals surface area contributed by atoms with E-state index >= 15 is 0 Å². The molecular weight excluding hydrogens is 266 g/mol. The summed E-state index contributed by atoms with van der Waals surface area (Å²) < 4.78 is 6.71. The minimum atomic E-state index is -0.0503. The Morgan fingerprint density at radius 2 is 1.81 bits per heavy atom. The molecule has 0 spiro atoms. The molecule has 0 aliphatic carbocycles. The average molecular weight is 285 g/mol. The lowest BCUT2D eigenvalue weighted by atomic mass is 10.0. The van der Waals surface area contributed by atoms with Crippen molar-refractivity contribution in [1.29, 1.82) is 0 Å². The van der Waals surface area contributed by atoms with Crippen LogP contribution in [0.1, 0.15) is 35.8 Å². The van der Waals surface area contributed by atoms with Crippen LogP contribution in [0.3, 0.4) is 0 Å². The fourth-order valence-electron chi connectivity index (χ4n) is 2.12. The quantitative estimate of drug-likeness (QED) is 0.794. The van der Waals surface area contributed by atoms with E-state index in [1.807, 2.05) is 13.8 Å². The number of methoxy groups -OCH3 is 1. The summed E-state index contributed by atoms with van der Waals surface area (Å²) in [7, 11) is 1.59. The number of Topliss-reactive ketones (excluding diaryl/α,β-unsaturated/α-hetero) is 1. The second-order valence-electron chi connectivity index (χ2n) is 5.21. The molecule has 0 bridgehead atoms. The van der Waals surface area contributed by atoms with Crippen LogP contribution >= 0.6 is 0 Å². The Hall–Kier alpha value is -2.36. The van der Waals surface area contributed by atoms with Crippen LogP contribution in [0.2, 0.25) is 0 Å². The first-order valence-corrected chi connectivity index (χ1v) is 6.89. The minimum absolute atomic E-state index is 0.0200. The van der Waals surface area contributed by atoms with Gasteiger partial charge in [-0.2, -0.15) is 0 Å². The second kappa shape index (κ2) is 6.39. The van der Waals surface area contributed by atoms with Gasteiger partial charge in [-0.05, 0) is 43.7 Å². The molecular formula is C17H19NO3. The average Bonchev–Trinajstić information content (AvgIpc) is 2.49. The third kappa shape index (κ3) is 3.60. The molecule has 21 heavy (non-hydrogen) atoms. The summed E-state index contributed by atoms with van der Waals surface area (Å²) >= 11 is 0. The van der Waals surface area contributed by atoms with E-state index in [4.69, 9.17) is 4.74 Å². The maximum Gasteiger partial charge on any atom is 0.250 e. The standard InChI is InChI=1S/C17H19NO3/c1-12(2)18-11-13(4-9-17(18)20)10-16(19)14-5-7-15(21-3)8-6-14/h4-9,11-12H,10H2,1-3H3. The summed E-state index contributed by atoms with van der Waals surface area (Å²) in [4.78, 5) is 24.0. The van der Waals surface area contributed by atoms with Crippen molar-refractivity contribution < 1.29 is 9.53 Å². The summed E-state index contributed by atoms with van der Waals surface area (Å²) in [6.07, 6.45) is 2.04. The van der Waals surface area contributed by atoms with Crippen molar-refractivity contribution in [3.63, 3.8) is 0 Å². The highest BCUT2D eigenvalue weighted by molar-refractivity contribution is 5.97. The topological polar surface area (TPSA) is 48.3 Å². The van der Waals surface area contributed by atoms with Gasteiger partial charge in [0, 0.05) is 30.3 Å². The lowest BCUT2D eigenvalue weighted by molar-refractivity contribution is 0.0992. The monoisotopic (exact) mass is 285 g/mol. The Morgan fingerprint density at radius 3 is 2.38 bits per heavy atom. The number of hydrogen-bond donors (Lipinski definition) is 0. The van der Waals surface area contributed by atoms with E-state index in [9.17, 15) is 9.59 Å². The first-order chi connectivity index (χ1) is 10.0. The van der Waals surface area contributed by atoms with E-state index in [-0.39, 0.29) is 23.8 Å². The third-order valence-electron chi connectivity index (χ3n) is 3.33. The van der Waals surface area contributed by atoms with Crippen molar-refractivity contribution in [2.75, 3.05) is 7.11 Å². The Morgan fingerprint density at radius 1 is 1.14 bits per heavy atom. The van der Waals surface area contributed by atoms with Crippen LogP contribution in [-0.4, -0.2) is 17.5 Å². The molecule has 0 fully saturated rings. The lowest BCUT2D eigenvalue weighted by Crippen LogP contribution is -2.21. The first-order valence-electron chi connectivity index (χ1n) is 6.89. The predicted octanol–water partition coefficient (Wildman–Crippen LogP) is 2.86. The van der Waals surface area contributed by atoms with E-state index in [2.05, 4.69) is 0 Å². The summed E-state index contributed by atoms with van der Waals surface area (Å²) in [6.45, 7) is 3.88. The van der Waals surface area contributed by atoms with Gasteiger partial charge in [0.15, 0.2) is 5.78 Å². The maximum atomic E-state index is 12.3. The van der Waals surface area contributed by atoms with Gasteiger partial charge in [-0.1, -0.05) is 6.07 Å². The van der Waals surface area contributed by atoms with Crippen LogP contribution in [0.25, 0.3) is 0 Å². The predicted molar refractivity (Wildman–Crippen MR) is 82.1 cm³/mol. The van der Waals surface area contributed by atoms with E-state index in [0.29, 0.717) is 5.56 Å². The SMILES string of the molecule is COc1ccc(C(=O)Cc2ccc(=O)n(C(C)C)c2)cc1. The van der Waals surface area contributed by atoms with Crippen molar-refractivity contribution in [1.82, 2.24) is 4.57 Å². The Bertz CT molecular complexity index is 684. The second-order valence-corrected chi connectivity index (χ2v) is 5.21. The smallest absolute Gasteiger partial charge is 0.250 e.